The summed E-state index contributed by atoms with van der Waals surface area (Å²) in [6.07, 6.45) is 4.98. The molecule has 5 nitrogen and oxygen atoms in total. The minimum Gasteiger partial charge on any atom is -0.490 e. The molecule has 23 heavy (non-hydrogen) atoms. The zero-order valence-electron chi connectivity index (χ0n) is 13.8. The van der Waals surface area contributed by atoms with E-state index >= 15 is 0 Å². The van der Waals surface area contributed by atoms with E-state index in [2.05, 4.69) is 5.32 Å². The van der Waals surface area contributed by atoms with Crippen LogP contribution in [0.1, 0.15) is 52.4 Å². The van der Waals surface area contributed by atoms with Crippen LogP contribution < -0.4 is 10.1 Å². The van der Waals surface area contributed by atoms with E-state index in [1.165, 1.54) is 12.8 Å². The SMILES string of the molecule is CC(C)(CC(=O)O)CC(=O)Nc1cccc(OC2CCCC2)c1. The number of anilines is 1. The Morgan fingerprint density at radius 1 is 1.26 bits per heavy atom. The standard InChI is InChI=1S/C18H25NO4/c1-18(2,12-17(21)22)11-16(20)19-13-6-5-9-15(10-13)23-14-7-3-4-8-14/h5-6,9-10,14H,3-4,7-8,11-12H2,1-2H3,(H,19,20)(H,21,22). The van der Waals surface area contributed by atoms with E-state index in [1.54, 1.807) is 13.8 Å². The summed E-state index contributed by atoms with van der Waals surface area (Å²) in [6, 6.07) is 7.37. The van der Waals surface area contributed by atoms with Gasteiger partial charge in [0.1, 0.15) is 5.75 Å². The van der Waals surface area contributed by atoms with Crippen molar-refractivity contribution in [2.45, 2.75) is 58.5 Å². The zero-order valence-corrected chi connectivity index (χ0v) is 13.8. The average Bonchev–Trinajstić information content (AvgIpc) is 2.89. The van der Waals surface area contributed by atoms with Gasteiger partial charge in [-0.3, -0.25) is 9.59 Å². The largest absolute Gasteiger partial charge is 0.490 e. The molecule has 126 valence electrons. The third-order valence-corrected chi connectivity index (χ3v) is 3.99. The second-order valence-electron chi connectivity index (χ2n) is 7.01. The van der Waals surface area contributed by atoms with Crippen LogP contribution in [-0.2, 0) is 9.59 Å². The Morgan fingerprint density at radius 3 is 2.61 bits per heavy atom. The molecule has 0 atom stereocenters. The van der Waals surface area contributed by atoms with E-state index in [9.17, 15) is 9.59 Å². The number of amides is 1. The number of hydrogen-bond acceptors (Lipinski definition) is 3. The maximum absolute atomic E-state index is 12.1. The molecule has 1 aliphatic rings. The first-order valence-corrected chi connectivity index (χ1v) is 8.12. The molecule has 0 bridgehead atoms. The summed E-state index contributed by atoms with van der Waals surface area (Å²) in [5.41, 5.74) is 0.102. The molecule has 1 fully saturated rings. The van der Waals surface area contributed by atoms with Crippen molar-refractivity contribution in [2.24, 2.45) is 5.41 Å². The van der Waals surface area contributed by atoms with Gasteiger partial charge in [-0.2, -0.15) is 0 Å². The Hall–Kier alpha value is -2.04. The van der Waals surface area contributed by atoms with E-state index < -0.39 is 11.4 Å². The smallest absolute Gasteiger partial charge is 0.303 e. The Labute approximate surface area is 137 Å². The number of aliphatic carboxylic acids is 1. The maximum atomic E-state index is 12.1. The summed E-state index contributed by atoms with van der Waals surface area (Å²) in [7, 11) is 0. The van der Waals surface area contributed by atoms with Crippen molar-refractivity contribution in [2.75, 3.05) is 5.32 Å². The number of hydrogen-bond donors (Lipinski definition) is 2. The number of carboxylic acid groups (broad SMARTS) is 1. The predicted octanol–water partition coefficient (Wildman–Crippen LogP) is 3.84. The highest BCUT2D eigenvalue weighted by Gasteiger charge is 2.25. The number of carboxylic acids is 1. The van der Waals surface area contributed by atoms with Gasteiger partial charge in [0, 0.05) is 18.2 Å². The molecule has 1 aliphatic carbocycles. The van der Waals surface area contributed by atoms with Crippen molar-refractivity contribution in [3.63, 3.8) is 0 Å². The molecule has 1 saturated carbocycles. The van der Waals surface area contributed by atoms with Crippen LogP contribution in [0.3, 0.4) is 0 Å². The monoisotopic (exact) mass is 319 g/mol. The first-order valence-electron chi connectivity index (χ1n) is 8.12. The number of benzene rings is 1. The van der Waals surface area contributed by atoms with Crippen molar-refractivity contribution >= 4 is 17.6 Å². The summed E-state index contributed by atoms with van der Waals surface area (Å²) >= 11 is 0. The molecule has 0 aromatic heterocycles. The van der Waals surface area contributed by atoms with Crippen LogP contribution in [0.2, 0.25) is 0 Å². The van der Waals surface area contributed by atoms with Gasteiger partial charge >= 0.3 is 5.97 Å². The average molecular weight is 319 g/mol. The first-order chi connectivity index (χ1) is 10.8. The van der Waals surface area contributed by atoms with Gasteiger partial charge in [0.25, 0.3) is 0 Å². The van der Waals surface area contributed by atoms with Crippen molar-refractivity contribution in [3.8, 4) is 5.75 Å². The third kappa shape index (κ3) is 5.93. The molecule has 5 heteroatoms. The maximum Gasteiger partial charge on any atom is 0.303 e. The van der Waals surface area contributed by atoms with E-state index in [0.717, 1.165) is 18.6 Å². The number of carbonyl (C=O) groups excluding carboxylic acids is 1. The highest BCUT2D eigenvalue weighted by atomic mass is 16.5. The van der Waals surface area contributed by atoms with Gasteiger partial charge in [0.15, 0.2) is 0 Å². The fourth-order valence-corrected chi connectivity index (χ4v) is 2.96. The third-order valence-electron chi connectivity index (χ3n) is 3.99. The molecule has 1 amide bonds. The summed E-state index contributed by atoms with van der Waals surface area (Å²) < 4.78 is 5.92. The first kappa shape index (κ1) is 17.3. The summed E-state index contributed by atoms with van der Waals surface area (Å²) in [4.78, 5) is 22.9. The number of rotatable bonds is 7. The van der Waals surface area contributed by atoms with Crippen LogP contribution in [0.15, 0.2) is 24.3 Å². The van der Waals surface area contributed by atoms with Crippen LogP contribution in [0.4, 0.5) is 5.69 Å². The molecule has 2 rings (SSSR count). The predicted molar refractivity (Wildman–Crippen MR) is 88.6 cm³/mol. The lowest BCUT2D eigenvalue weighted by Gasteiger charge is -2.21. The summed E-state index contributed by atoms with van der Waals surface area (Å²) in [6.45, 7) is 3.56. The molecule has 1 aromatic carbocycles. The van der Waals surface area contributed by atoms with Gasteiger partial charge in [0.2, 0.25) is 5.91 Å². The fourth-order valence-electron chi connectivity index (χ4n) is 2.96. The molecule has 0 unspecified atom stereocenters. The van der Waals surface area contributed by atoms with Crippen LogP contribution in [0.25, 0.3) is 0 Å². The van der Waals surface area contributed by atoms with Crippen molar-refractivity contribution in [3.05, 3.63) is 24.3 Å². The molecule has 1 aromatic rings. The van der Waals surface area contributed by atoms with Crippen LogP contribution in [-0.4, -0.2) is 23.1 Å². The van der Waals surface area contributed by atoms with Crippen LogP contribution >= 0.6 is 0 Å². The highest BCUT2D eigenvalue weighted by molar-refractivity contribution is 5.91. The second-order valence-corrected chi connectivity index (χ2v) is 7.01. The van der Waals surface area contributed by atoms with E-state index in [4.69, 9.17) is 9.84 Å². The Kier molecular flexibility index (Phi) is 5.64. The number of carbonyl (C=O) groups is 2. The van der Waals surface area contributed by atoms with Gasteiger partial charge in [-0.25, -0.2) is 0 Å². The Bertz CT molecular complexity index is 562. The molecular formula is C18H25NO4. The summed E-state index contributed by atoms with van der Waals surface area (Å²) in [5, 5.41) is 11.7. The van der Waals surface area contributed by atoms with Gasteiger partial charge in [-0.15, -0.1) is 0 Å². The Balaban J connectivity index is 1.91. The second kappa shape index (κ2) is 7.49. The normalized spacial score (nSPS) is 15.4. The van der Waals surface area contributed by atoms with Gasteiger partial charge in [-0.05, 0) is 43.2 Å². The number of ether oxygens (including phenoxy) is 1. The van der Waals surface area contributed by atoms with Crippen molar-refractivity contribution < 1.29 is 19.4 Å². The van der Waals surface area contributed by atoms with Gasteiger partial charge < -0.3 is 15.2 Å². The topological polar surface area (TPSA) is 75.6 Å². The quantitative estimate of drug-likeness (QED) is 0.800. The van der Waals surface area contributed by atoms with E-state index in [0.29, 0.717) is 5.69 Å². The van der Waals surface area contributed by atoms with Gasteiger partial charge in [-0.1, -0.05) is 19.9 Å². The molecule has 0 saturated heterocycles. The zero-order chi connectivity index (χ0) is 16.9. The minimum absolute atomic E-state index is 0.0365. The van der Waals surface area contributed by atoms with Gasteiger partial charge in [0.05, 0.1) is 12.5 Å². The van der Waals surface area contributed by atoms with E-state index in [-0.39, 0.29) is 24.9 Å². The lowest BCUT2D eigenvalue weighted by molar-refractivity contribution is -0.139. The molecule has 0 spiro atoms. The van der Waals surface area contributed by atoms with E-state index in [1.807, 2.05) is 24.3 Å². The minimum atomic E-state index is -0.894. The fraction of sp³-hybridized carbons (Fsp3) is 0.556. The Morgan fingerprint density at radius 2 is 1.96 bits per heavy atom. The molecule has 0 radical (unpaired) electrons. The molecule has 0 heterocycles. The summed E-state index contributed by atoms with van der Waals surface area (Å²) in [5.74, 6) is -0.316. The molecule has 2 N–H and O–H groups in total. The number of nitrogens with one attached hydrogen (secondary N) is 1. The van der Waals surface area contributed by atoms with Crippen molar-refractivity contribution in [1.29, 1.82) is 0 Å². The van der Waals surface area contributed by atoms with Crippen LogP contribution in [0, 0.1) is 5.41 Å². The lowest BCUT2D eigenvalue weighted by Crippen LogP contribution is -2.24. The highest BCUT2D eigenvalue weighted by Crippen LogP contribution is 2.28. The lowest BCUT2D eigenvalue weighted by atomic mass is 9.85. The van der Waals surface area contributed by atoms with Crippen LogP contribution in [0.5, 0.6) is 5.75 Å². The molecular weight excluding hydrogens is 294 g/mol. The van der Waals surface area contributed by atoms with Crippen molar-refractivity contribution in [1.82, 2.24) is 0 Å². The molecule has 0 aliphatic heterocycles.